The van der Waals surface area contributed by atoms with Gasteiger partial charge in [0.15, 0.2) is 0 Å². The van der Waals surface area contributed by atoms with Gasteiger partial charge in [0.1, 0.15) is 18.1 Å². The highest BCUT2D eigenvalue weighted by Gasteiger charge is 2.27. The molecule has 8 heteroatoms. The second-order valence-corrected chi connectivity index (χ2v) is 9.45. The highest BCUT2D eigenvalue weighted by atomic mass is 32.2. The summed E-state index contributed by atoms with van der Waals surface area (Å²) in [6.45, 7) is 5.66. The smallest absolute Gasteiger partial charge is 0.264 e. The first-order chi connectivity index (χ1) is 15.7. The van der Waals surface area contributed by atoms with Crippen LogP contribution in [-0.4, -0.2) is 27.5 Å². The summed E-state index contributed by atoms with van der Waals surface area (Å²) in [6.07, 6.45) is 0. The molecule has 6 nitrogen and oxygen atoms in total. The number of nitrogens with one attached hydrogen (secondary N) is 1. The normalized spacial score (nSPS) is 12.1. The number of ether oxygens (including phenoxy) is 1. The van der Waals surface area contributed by atoms with Crippen molar-refractivity contribution in [3.8, 4) is 5.75 Å². The molecule has 0 aliphatic rings. The largest absolute Gasteiger partial charge is 0.494 e. The summed E-state index contributed by atoms with van der Waals surface area (Å²) in [7, 11) is -4.06. The maximum absolute atomic E-state index is 13.5. The lowest BCUT2D eigenvalue weighted by Crippen LogP contribution is -2.41. The molecule has 1 amide bonds. The molecule has 174 valence electrons. The summed E-state index contributed by atoms with van der Waals surface area (Å²) in [6, 6.07) is 18.3. The van der Waals surface area contributed by atoms with Gasteiger partial charge in [-0.2, -0.15) is 0 Å². The van der Waals surface area contributed by atoms with Gasteiger partial charge in [0.2, 0.25) is 5.91 Å². The minimum absolute atomic E-state index is 0.0461. The molecule has 0 bridgehead atoms. The van der Waals surface area contributed by atoms with Crippen molar-refractivity contribution in [3.63, 3.8) is 0 Å². The Morgan fingerprint density at radius 3 is 2.18 bits per heavy atom. The van der Waals surface area contributed by atoms with Gasteiger partial charge in [-0.1, -0.05) is 29.8 Å². The molecular weight excluding hydrogens is 443 g/mol. The third kappa shape index (κ3) is 6.10. The van der Waals surface area contributed by atoms with Gasteiger partial charge >= 0.3 is 0 Å². The first kappa shape index (κ1) is 24.3. The summed E-state index contributed by atoms with van der Waals surface area (Å²) >= 11 is 0. The van der Waals surface area contributed by atoms with E-state index in [9.17, 15) is 17.6 Å². The van der Waals surface area contributed by atoms with E-state index in [0.29, 0.717) is 6.61 Å². The Kier molecular flexibility index (Phi) is 7.71. The van der Waals surface area contributed by atoms with Crippen LogP contribution in [0.25, 0.3) is 0 Å². The van der Waals surface area contributed by atoms with Crippen LogP contribution in [0.1, 0.15) is 31.0 Å². The number of rotatable bonds is 9. The third-order valence-corrected chi connectivity index (χ3v) is 6.87. The Morgan fingerprint density at radius 2 is 1.61 bits per heavy atom. The molecule has 0 heterocycles. The number of carbonyl (C=O) groups is 1. The summed E-state index contributed by atoms with van der Waals surface area (Å²) < 4.78 is 46.6. The van der Waals surface area contributed by atoms with E-state index < -0.39 is 28.3 Å². The van der Waals surface area contributed by atoms with Crippen LogP contribution in [0.3, 0.4) is 0 Å². The number of nitrogens with zero attached hydrogens (tertiary/aromatic N) is 1. The van der Waals surface area contributed by atoms with Gasteiger partial charge < -0.3 is 10.1 Å². The van der Waals surface area contributed by atoms with E-state index in [1.165, 1.54) is 24.3 Å². The molecule has 0 aliphatic heterocycles. The number of halogens is 1. The molecule has 0 spiro atoms. The fourth-order valence-corrected chi connectivity index (χ4v) is 4.70. The molecule has 0 aromatic heterocycles. The van der Waals surface area contributed by atoms with Crippen molar-refractivity contribution in [1.29, 1.82) is 0 Å². The van der Waals surface area contributed by atoms with Gasteiger partial charge in [-0.15, -0.1) is 0 Å². The maximum Gasteiger partial charge on any atom is 0.264 e. The van der Waals surface area contributed by atoms with Crippen molar-refractivity contribution in [3.05, 3.63) is 89.7 Å². The monoisotopic (exact) mass is 470 g/mol. The number of sulfonamides is 1. The summed E-state index contributed by atoms with van der Waals surface area (Å²) in [5.41, 5.74) is 1.95. The van der Waals surface area contributed by atoms with Gasteiger partial charge in [-0.3, -0.25) is 9.10 Å². The van der Waals surface area contributed by atoms with Gasteiger partial charge in [0, 0.05) is 0 Å². The SMILES string of the molecule is CCOc1ccc(C(C)NC(=O)CN(c2ccc(F)cc2)S(=O)(=O)c2ccc(C)cc2)cc1. The average Bonchev–Trinajstić information content (AvgIpc) is 2.79. The second kappa shape index (κ2) is 10.5. The Labute approximate surface area is 194 Å². The lowest BCUT2D eigenvalue weighted by atomic mass is 10.1. The summed E-state index contributed by atoms with van der Waals surface area (Å²) in [5, 5.41) is 2.83. The maximum atomic E-state index is 13.5. The van der Waals surface area contributed by atoms with Crippen LogP contribution in [0.15, 0.2) is 77.7 Å². The van der Waals surface area contributed by atoms with Crippen LogP contribution in [0.5, 0.6) is 5.75 Å². The Bertz CT molecular complexity index is 1180. The molecule has 0 saturated heterocycles. The number of hydrogen-bond acceptors (Lipinski definition) is 4. The molecule has 33 heavy (non-hydrogen) atoms. The lowest BCUT2D eigenvalue weighted by Gasteiger charge is -2.25. The van der Waals surface area contributed by atoms with Gasteiger partial charge in [0.05, 0.1) is 23.2 Å². The lowest BCUT2D eigenvalue weighted by molar-refractivity contribution is -0.120. The Balaban J connectivity index is 1.83. The number of benzene rings is 3. The predicted octanol–water partition coefficient (Wildman–Crippen LogP) is 4.61. The van der Waals surface area contributed by atoms with E-state index in [1.54, 1.807) is 12.1 Å². The van der Waals surface area contributed by atoms with Crippen molar-refractivity contribution in [2.45, 2.75) is 31.7 Å². The van der Waals surface area contributed by atoms with Gasteiger partial charge in [-0.25, -0.2) is 12.8 Å². The van der Waals surface area contributed by atoms with Crippen LogP contribution in [0, 0.1) is 12.7 Å². The fourth-order valence-electron chi connectivity index (χ4n) is 3.28. The first-order valence-electron chi connectivity index (χ1n) is 10.6. The number of anilines is 1. The van der Waals surface area contributed by atoms with E-state index in [4.69, 9.17) is 4.74 Å². The Morgan fingerprint density at radius 1 is 1.00 bits per heavy atom. The highest BCUT2D eigenvalue weighted by molar-refractivity contribution is 7.92. The molecule has 0 aliphatic carbocycles. The molecule has 0 radical (unpaired) electrons. The predicted molar refractivity (Wildman–Crippen MR) is 126 cm³/mol. The van der Waals surface area contributed by atoms with E-state index in [0.717, 1.165) is 33.3 Å². The van der Waals surface area contributed by atoms with Crippen molar-refractivity contribution in [2.75, 3.05) is 17.5 Å². The number of hydrogen-bond donors (Lipinski definition) is 1. The van der Waals surface area contributed by atoms with Crippen molar-refractivity contribution >= 4 is 21.6 Å². The van der Waals surface area contributed by atoms with Gasteiger partial charge in [0.25, 0.3) is 10.0 Å². The Hall–Kier alpha value is -3.39. The van der Waals surface area contributed by atoms with Crippen LogP contribution >= 0.6 is 0 Å². The minimum atomic E-state index is -4.06. The zero-order chi connectivity index (χ0) is 24.0. The van der Waals surface area contributed by atoms with E-state index in [1.807, 2.05) is 45.0 Å². The molecule has 3 aromatic rings. The zero-order valence-corrected chi connectivity index (χ0v) is 19.6. The molecule has 1 unspecified atom stereocenters. The number of carbonyl (C=O) groups excluding carboxylic acids is 1. The van der Waals surface area contributed by atoms with Crippen LogP contribution in [0.4, 0.5) is 10.1 Å². The van der Waals surface area contributed by atoms with Crippen molar-refractivity contribution in [1.82, 2.24) is 5.32 Å². The zero-order valence-electron chi connectivity index (χ0n) is 18.8. The molecule has 1 atom stereocenters. The number of amides is 1. The van der Waals surface area contributed by atoms with Crippen LogP contribution < -0.4 is 14.4 Å². The minimum Gasteiger partial charge on any atom is -0.494 e. The summed E-state index contributed by atoms with van der Waals surface area (Å²) in [5.74, 6) is -0.261. The topological polar surface area (TPSA) is 75.7 Å². The molecule has 0 fully saturated rings. The molecule has 3 rings (SSSR count). The van der Waals surface area contributed by atoms with Crippen molar-refractivity contribution < 1.29 is 22.3 Å². The second-order valence-electron chi connectivity index (χ2n) is 7.59. The van der Waals surface area contributed by atoms with Gasteiger partial charge in [-0.05, 0) is 74.9 Å². The first-order valence-corrected chi connectivity index (χ1v) is 12.0. The quantitative estimate of drug-likeness (QED) is 0.496. The van der Waals surface area contributed by atoms with Crippen molar-refractivity contribution in [2.24, 2.45) is 0 Å². The molecule has 3 aromatic carbocycles. The average molecular weight is 471 g/mol. The molecule has 1 N–H and O–H groups in total. The number of aryl methyl sites for hydroxylation is 1. The van der Waals surface area contributed by atoms with E-state index >= 15 is 0 Å². The standard InChI is InChI=1S/C25H27FN2O4S/c1-4-32-23-13-7-20(8-14-23)19(3)27-25(29)17-28(22-11-9-21(26)10-12-22)33(30,31)24-15-5-18(2)6-16-24/h5-16,19H,4,17H2,1-3H3,(H,27,29). The molecular formula is C25H27FN2O4S. The molecule has 0 saturated carbocycles. The fraction of sp³-hybridized carbons (Fsp3) is 0.240. The van der Waals surface area contributed by atoms with E-state index in [2.05, 4.69) is 5.32 Å². The highest BCUT2D eigenvalue weighted by Crippen LogP contribution is 2.25. The van der Waals surface area contributed by atoms with Crippen LogP contribution in [-0.2, 0) is 14.8 Å². The van der Waals surface area contributed by atoms with Crippen LogP contribution in [0.2, 0.25) is 0 Å². The third-order valence-electron chi connectivity index (χ3n) is 5.08. The summed E-state index contributed by atoms with van der Waals surface area (Å²) in [4.78, 5) is 12.9. The van der Waals surface area contributed by atoms with E-state index in [-0.39, 0.29) is 16.6 Å².